The number of hydrogen-bond donors (Lipinski definition) is 3. The Kier molecular flexibility index (Phi) is 3.72. The van der Waals surface area contributed by atoms with Crippen molar-refractivity contribution < 1.29 is 10.0 Å². The van der Waals surface area contributed by atoms with Crippen LogP contribution in [-0.2, 0) is 4.84 Å². The first-order valence-corrected chi connectivity index (χ1v) is 1.10. The molecule has 0 heterocycles. The fourth-order valence-corrected chi connectivity index (χ4v) is 0.0373. The highest BCUT2D eigenvalue weighted by molar-refractivity contribution is 3.91. The van der Waals surface area contributed by atoms with Crippen molar-refractivity contribution in [2.24, 2.45) is 5.90 Å². The molecule has 0 aliphatic heterocycles. The molecule has 0 atom stereocenters. The quantitative estimate of drug-likeness (QED) is 0.287. The molecule has 0 rings (SSSR count). The smallest absolute Gasteiger partial charge is 0.140 e. The highest BCUT2D eigenvalue weighted by Crippen LogP contribution is 1.40. The van der Waals surface area contributed by atoms with Gasteiger partial charge in [0.2, 0.25) is 0 Å². The van der Waals surface area contributed by atoms with E-state index in [0.717, 1.165) is 0 Å². The highest BCUT2D eigenvalue weighted by atomic mass is 16.6. The van der Waals surface area contributed by atoms with Crippen LogP contribution < -0.4 is 11.4 Å². The summed E-state index contributed by atoms with van der Waals surface area (Å²) < 4.78 is 0. The molecule has 0 aromatic heterocycles. The first-order chi connectivity index (χ1) is 2.41. The van der Waals surface area contributed by atoms with Gasteiger partial charge in [-0.1, -0.05) is 0 Å². The van der Waals surface area contributed by atoms with E-state index in [4.69, 9.17) is 5.21 Å². The first kappa shape index (κ1) is 4.84. The lowest BCUT2D eigenvalue weighted by molar-refractivity contribution is 0.0229. The van der Waals surface area contributed by atoms with Crippen LogP contribution in [0.3, 0.4) is 0 Å². The molecule has 0 aromatic rings. The van der Waals surface area contributed by atoms with Crippen LogP contribution in [0.25, 0.3) is 0 Å². The third kappa shape index (κ3) is 3.84. The van der Waals surface area contributed by atoms with Gasteiger partial charge in [0.25, 0.3) is 0 Å². The van der Waals surface area contributed by atoms with Crippen LogP contribution in [0.15, 0.2) is 0 Å². The predicted octanol–water partition coefficient (Wildman–Crippen LogP) is -1.19. The summed E-state index contributed by atoms with van der Waals surface area (Å²) in [6, 6.07) is 0. The van der Waals surface area contributed by atoms with E-state index in [1.807, 2.05) is 0 Å². The standard InChI is InChI=1S/CH6N2O2/c2-5-1-3-4/h3-4H,1-2H2. The van der Waals surface area contributed by atoms with Crippen molar-refractivity contribution in [3.63, 3.8) is 0 Å². The van der Waals surface area contributed by atoms with E-state index in [2.05, 4.69) is 10.7 Å². The van der Waals surface area contributed by atoms with Gasteiger partial charge >= 0.3 is 0 Å². The molecular weight excluding hydrogens is 72.0 g/mol. The molecule has 0 spiro atoms. The van der Waals surface area contributed by atoms with E-state index in [-0.39, 0.29) is 6.73 Å². The Bertz CT molecular complexity index is 15.1. The van der Waals surface area contributed by atoms with Crippen LogP contribution in [0, 0.1) is 0 Å². The summed E-state index contributed by atoms with van der Waals surface area (Å²) in [5, 5.41) is 7.61. The summed E-state index contributed by atoms with van der Waals surface area (Å²) in [4.78, 5) is 3.83. The van der Waals surface area contributed by atoms with Crippen molar-refractivity contribution in [1.82, 2.24) is 5.48 Å². The predicted molar refractivity (Wildman–Crippen MR) is 15.1 cm³/mol. The molecular formula is CH6N2O2. The Morgan fingerprint density at radius 1 is 2.00 bits per heavy atom. The molecule has 0 saturated carbocycles. The molecule has 0 aromatic carbocycles. The molecule has 5 heavy (non-hydrogen) atoms. The van der Waals surface area contributed by atoms with E-state index in [1.54, 1.807) is 5.48 Å². The lowest BCUT2D eigenvalue weighted by Crippen LogP contribution is -2.15. The van der Waals surface area contributed by atoms with Crippen LogP contribution in [0.1, 0.15) is 0 Å². The molecule has 32 valence electrons. The van der Waals surface area contributed by atoms with Crippen LogP contribution in [0.4, 0.5) is 0 Å². The Morgan fingerprint density at radius 2 is 2.60 bits per heavy atom. The van der Waals surface area contributed by atoms with Gasteiger partial charge in [0.15, 0.2) is 0 Å². The van der Waals surface area contributed by atoms with Gasteiger partial charge in [0.05, 0.1) is 0 Å². The Hall–Kier alpha value is -0.160. The lowest BCUT2D eigenvalue weighted by atomic mass is 11.4. The molecule has 0 aliphatic rings. The Labute approximate surface area is 29.4 Å². The van der Waals surface area contributed by atoms with Gasteiger partial charge in [0.1, 0.15) is 6.73 Å². The van der Waals surface area contributed by atoms with Gasteiger partial charge < -0.3 is 5.21 Å². The van der Waals surface area contributed by atoms with Gasteiger partial charge in [-0.15, -0.1) is 0 Å². The second-order valence-electron chi connectivity index (χ2n) is 0.469. The monoisotopic (exact) mass is 78.0 g/mol. The second-order valence-corrected chi connectivity index (χ2v) is 0.469. The molecule has 0 unspecified atom stereocenters. The van der Waals surface area contributed by atoms with Crippen molar-refractivity contribution in [1.29, 1.82) is 0 Å². The maximum atomic E-state index is 7.61. The van der Waals surface area contributed by atoms with Crippen molar-refractivity contribution in [2.75, 3.05) is 6.73 Å². The highest BCUT2D eigenvalue weighted by Gasteiger charge is 1.64. The first-order valence-electron chi connectivity index (χ1n) is 1.10. The fourth-order valence-electron chi connectivity index (χ4n) is 0.0373. The average Bonchev–Trinajstić information content (AvgIpc) is 1.41. The zero-order valence-electron chi connectivity index (χ0n) is 2.64. The molecule has 0 bridgehead atoms. The summed E-state index contributed by atoms with van der Waals surface area (Å²) in [5.41, 5.74) is 1.67. The minimum atomic E-state index is -0.0278. The van der Waals surface area contributed by atoms with Crippen molar-refractivity contribution >= 4 is 0 Å². The molecule has 0 fully saturated rings. The zero-order chi connectivity index (χ0) is 4.12. The summed E-state index contributed by atoms with van der Waals surface area (Å²) >= 11 is 0. The molecule has 0 saturated heterocycles. The van der Waals surface area contributed by atoms with Crippen molar-refractivity contribution in [3.8, 4) is 0 Å². The van der Waals surface area contributed by atoms with E-state index < -0.39 is 0 Å². The van der Waals surface area contributed by atoms with Crippen LogP contribution in [0.2, 0.25) is 0 Å². The van der Waals surface area contributed by atoms with Gasteiger partial charge in [-0.05, 0) is 0 Å². The summed E-state index contributed by atoms with van der Waals surface area (Å²) in [5.74, 6) is 4.42. The number of nitrogens with two attached hydrogens (primary N) is 1. The largest absolute Gasteiger partial charge is 0.314 e. The average molecular weight is 78.1 g/mol. The van der Waals surface area contributed by atoms with Crippen molar-refractivity contribution in [2.45, 2.75) is 0 Å². The maximum Gasteiger partial charge on any atom is 0.140 e. The molecule has 4 N–H and O–H groups in total. The summed E-state index contributed by atoms with van der Waals surface area (Å²) in [6.45, 7) is -0.0278. The summed E-state index contributed by atoms with van der Waals surface area (Å²) in [7, 11) is 0. The molecule has 0 amide bonds. The van der Waals surface area contributed by atoms with Gasteiger partial charge in [-0.25, -0.2) is 5.90 Å². The van der Waals surface area contributed by atoms with Gasteiger partial charge in [-0.2, -0.15) is 5.48 Å². The van der Waals surface area contributed by atoms with Gasteiger partial charge in [0, 0.05) is 0 Å². The molecule has 0 radical (unpaired) electrons. The number of hydroxylamine groups is 1. The van der Waals surface area contributed by atoms with Crippen molar-refractivity contribution in [3.05, 3.63) is 0 Å². The third-order valence-electron chi connectivity index (χ3n) is 0.148. The summed E-state index contributed by atoms with van der Waals surface area (Å²) in [6.07, 6.45) is 0. The lowest BCUT2D eigenvalue weighted by Gasteiger charge is -1.86. The van der Waals surface area contributed by atoms with Gasteiger partial charge in [-0.3, -0.25) is 4.84 Å². The minimum absolute atomic E-state index is 0.0278. The normalized spacial score (nSPS) is 8.40. The number of hydrogen-bond acceptors (Lipinski definition) is 4. The topological polar surface area (TPSA) is 67.5 Å². The zero-order valence-corrected chi connectivity index (χ0v) is 2.64. The van der Waals surface area contributed by atoms with Crippen LogP contribution in [-0.4, -0.2) is 11.9 Å². The van der Waals surface area contributed by atoms with E-state index in [0.29, 0.717) is 0 Å². The fraction of sp³-hybridized carbons (Fsp3) is 1.00. The number of rotatable bonds is 2. The van der Waals surface area contributed by atoms with E-state index in [1.165, 1.54) is 0 Å². The van der Waals surface area contributed by atoms with Crippen LogP contribution >= 0.6 is 0 Å². The molecule has 4 nitrogen and oxygen atoms in total. The molecule has 4 heteroatoms. The minimum Gasteiger partial charge on any atom is -0.314 e. The Morgan fingerprint density at radius 3 is 2.60 bits per heavy atom. The SMILES string of the molecule is NOCNO. The Balaban J connectivity index is 2.19. The van der Waals surface area contributed by atoms with E-state index in [9.17, 15) is 0 Å². The second kappa shape index (κ2) is 3.84. The van der Waals surface area contributed by atoms with E-state index >= 15 is 0 Å². The van der Waals surface area contributed by atoms with Crippen LogP contribution in [0.5, 0.6) is 0 Å². The maximum absolute atomic E-state index is 7.61. The molecule has 0 aliphatic carbocycles. The third-order valence-corrected chi connectivity index (χ3v) is 0.148. The number of nitrogens with one attached hydrogen (secondary N) is 1.